The number of nitrogens with one attached hydrogen (secondary N) is 1. The van der Waals surface area contributed by atoms with Crippen LogP contribution in [-0.4, -0.2) is 24.7 Å². The van der Waals surface area contributed by atoms with Gasteiger partial charge in [-0.2, -0.15) is 0 Å². The summed E-state index contributed by atoms with van der Waals surface area (Å²) in [6, 6.07) is 13.9. The quantitative estimate of drug-likeness (QED) is 0.834. The van der Waals surface area contributed by atoms with E-state index in [1.165, 1.54) is 6.07 Å². The van der Waals surface area contributed by atoms with Crippen LogP contribution in [0.3, 0.4) is 0 Å². The maximum atomic E-state index is 14.8. The Labute approximate surface area is 158 Å². The van der Waals surface area contributed by atoms with Crippen molar-refractivity contribution < 1.29 is 18.9 Å². The molecular formula is C22H25F2N2O+. The topological polar surface area (TPSA) is 45.7 Å². The van der Waals surface area contributed by atoms with E-state index in [9.17, 15) is 13.6 Å². The number of quaternary nitrogens is 1. The fourth-order valence-corrected chi connectivity index (χ4v) is 3.91. The molecule has 4 rings (SSSR count). The van der Waals surface area contributed by atoms with Gasteiger partial charge in [-0.25, -0.2) is 8.78 Å². The molecular weight excluding hydrogens is 346 g/mol. The lowest BCUT2D eigenvalue weighted by atomic mass is 9.92. The Balaban J connectivity index is 1.62. The van der Waals surface area contributed by atoms with Gasteiger partial charge < -0.3 is 10.6 Å². The molecule has 5 heteroatoms. The van der Waals surface area contributed by atoms with Crippen molar-refractivity contribution in [1.82, 2.24) is 5.32 Å². The van der Waals surface area contributed by atoms with Crippen molar-refractivity contribution in [2.75, 3.05) is 6.54 Å². The SMILES string of the molecule is CC1(c2ccc([C@@H](NC(=O)[C@@H]3C[C@@H](F)C[NH2+]3)c3ccccc3)cc2F)CC1. The van der Waals surface area contributed by atoms with Gasteiger partial charge in [-0.15, -0.1) is 0 Å². The zero-order valence-corrected chi connectivity index (χ0v) is 15.4. The van der Waals surface area contributed by atoms with Gasteiger partial charge in [0.25, 0.3) is 5.91 Å². The number of alkyl halides is 1. The Morgan fingerprint density at radius 1 is 1.19 bits per heavy atom. The Bertz CT molecular complexity index is 835. The van der Waals surface area contributed by atoms with Crippen LogP contribution in [0.2, 0.25) is 0 Å². The molecule has 3 nitrogen and oxygen atoms in total. The largest absolute Gasteiger partial charge is 0.340 e. The summed E-state index contributed by atoms with van der Waals surface area (Å²) in [5.74, 6) is -0.429. The summed E-state index contributed by atoms with van der Waals surface area (Å²) in [4.78, 5) is 12.7. The molecule has 0 aromatic heterocycles. The molecule has 1 aliphatic heterocycles. The van der Waals surface area contributed by atoms with Crippen molar-refractivity contribution in [3.05, 3.63) is 71.0 Å². The summed E-state index contributed by atoms with van der Waals surface area (Å²) in [5.41, 5.74) is 2.28. The highest BCUT2D eigenvalue weighted by Crippen LogP contribution is 2.48. The molecule has 1 amide bonds. The predicted octanol–water partition coefficient (Wildman–Crippen LogP) is 2.76. The van der Waals surface area contributed by atoms with Crippen LogP contribution in [0.5, 0.6) is 0 Å². The zero-order chi connectivity index (χ0) is 19.0. The Morgan fingerprint density at radius 3 is 2.52 bits per heavy atom. The molecule has 0 bridgehead atoms. The van der Waals surface area contributed by atoms with Crippen LogP contribution in [0.4, 0.5) is 8.78 Å². The molecule has 0 radical (unpaired) electrons. The summed E-state index contributed by atoms with van der Waals surface area (Å²) < 4.78 is 28.3. The van der Waals surface area contributed by atoms with E-state index in [1.54, 1.807) is 5.32 Å². The zero-order valence-electron chi connectivity index (χ0n) is 15.4. The van der Waals surface area contributed by atoms with Crippen molar-refractivity contribution in [3.63, 3.8) is 0 Å². The summed E-state index contributed by atoms with van der Waals surface area (Å²) in [5, 5.41) is 4.75. The molecule has 1 saturated carbocycles. The molecule has 1 saturated heterocycles. The second-order valence-corrected chi connectivity index (χ2v) is 8.06. The van der Waals surface area contributed by atoms with Crippen LogP contribution in [0.25, 0.3) is 0 Å². The van der Waals surface area contributed by atoms with Crippen LogP contribution in [0.15, 0.2) is 48.5 Å². The maximum absolute atomic E-state index is 14.8. The third kappa shape index (κ3) is 3.74. The summed E-state index contributed by atoms with van der Waals surface area (Å²) in [6.07, 6.45) is 1.28. The maximum Gasteiger partial charge on any atom is 0.279 e. The average molecular weight is 371 g/mol. The normalized spacial score (nSPS) is 24.4. The minimum absolute atomic E-state index is 0.0525. The van der Waals surface area contributed by atoms with Crippen LogP contribution >= 0.6 is 0 Å². The number of rotatable bonds is 5. The fraction of sp³-hybridized carbons (Fsp3) is 0.409. The molecule has 3 N–H and O–H groups in total. The van der Waals surface area contributed by atoms with E-state index in [-0.39, 0.29) is 23.6 Å². The molecule has 0 spiro atoms. The minimum atomic E-state index is -0.952. The number of amides is 1. The van der Waals surface area contributed by atoms with Gasteiger partial charge in [0, 0.05) is 6.42 Å². The summed E-state index contributed by atoms with van der Waals surface area (Å²) >= 11 is 0. The molecule has 0 unspecified atom stereocenters. The molecule has 2 fully saturated rings. The third-order valence-corrected chi connectivity index (χ3v) is 5.92. The van der Waals surface area contributed by atoms with Crippen molar-refractivity contribution in [2.45, 2.75) is 49.9 Å². The second kappa shape index (κ2) is 7.04. The van der Waals surface area contributed by atoms with E-state index >= 15 is 0 Å². The van der Waals surface area contributed by atoms with E-state index in [2.05, 4.69) is 12.2 Å². The first-order chi connectivity index (χ1) is 13.0. The minimum Gasteiger partial charge on any atom is -0.340 e. The van der Waals surface area contributed by atoms with Gasteiger partial charge >= 0.3 is 0 Å². The molecule has 3 atom stereocenters. The lowest BCUT2D eigenvalue weighted by molar-refractivity contribution is -0.659. The van der Waals surface area contributed by atoms with E-state index in [0.717, 1.165) is 24.0 Å². The van der Waals surface area contributed by atoms with Crippen LogP contribution in [0.1, 0.15) is 48.9 Å². The number of hydrogen-bond acceptors (Lipinski definition) is 1. The number of hydrogen-bond donors (Lipinski definition) is 2. The van der Waals surface area contributed by atoms with Crippen molar-refractivity contribution >= 4 is 5.91 Å². The Morgan fingerprint density at radius 2 is 1.93 bits per heavy atom. The first kappa shape index (κ1) is 18.1. The fourth-order valence-electron chi connectivity index (χ4n) is 3.91. The summed E-state index contributed by atoms with van der Waals surface area (Å²) in [7, 11) is 0. The highest BCUT2D eigenvalue weighted by molar-refractivity contribution is 5.81. The monoisotopic (exact) mass is 371 g/mol. The molecule has 142 valence electrons. The van der Waals surface area contributed by atoms with Crippen LogP contribution in [0, 0.1) is 5.82 Å². The number of carbonyl (C=O) groups excluding carboxylic acids is 1. The molecule has 2 aromatic rings. The third-order valence-electron chi connectivity index (χ3n) is 5.92. The van der Waals surface area contributed by atoms with Crippen LogP contribution < -0.4 is 10.6 Å². The van der Waals surface area contributed by atoms with Gasteiger partial charge in [0.15, 0.2) is 12.2 Å². The Kier molecular flexibility index (Phi) is 4.72. The summed E-state index contributed by atoms with van der Waals surface area (Å²) in [6.45, 7) is 2.39. The second-order valence-electron chi connectivity index (χ2n) is 8.06. The van der Waals surface area contributed by atoms with Gasteiger partial charge in [0.2, 0.25) is 0 Å². The van der Waals surface area contributed by atoms with Gasteiger partial charge in [-0.3, -0.25) is 4.79 Å². The van der Waals surface area contributed by atoms with E-state index in [1.807, 2.05) is 42.5 Å². The lowest BCUT2D eigenvalue weighted by Crippen LogP contribution is -2.89. The standard InChI is InChI=1S/C22H24F2N2O/c1-22(9-10-22)17-8-7-15(11-18(17)24)20(14-5-3-2-4-6-14)26-21(27)19-12-16(23)13-25-19/h2-8,11,16,19-20,25H,9-10,12-13H2,1H3,(H,26,27)/p+1/t16-,19+,20+/m1/s1. The molecule has 1 aliphatic carbocycles. The van der Waals surface area contributed by atoms with Crippen molar-refractivity contribution in [1.29, 1.82) is 0 Å². The van der Waals surface area contributed by atoms with Gasteiger partial charge in [-0.1, -0.05) is 49.4 Å². The smallest absolute Gasteiger partial charge is 0.279 e. The number of nitrogens with two attached hydrogens (primary N) is 1. The first-order valence-electron chi connectivity index (χ1n) is 9.59. The van der Waals surface area contributed by atoms with Crippen LogP contribution in [-0.2, 0) is 10.2 Å². The van der Waals surface area contributed by atoms with Gasteiger partial charge in [0.1, 0.15) is 12.4 Å². The molecule has 1 heterocycles. The molecule has 2 aromatic carbocycles. The van der Waals surface area contributed by atoms with Gasteiger partial charge in [-0.05, 0) is 41.0 Å². The number of benzene rings is 2. The first-order valence-corrected chi connectivity index (χ1v) is 9.59. The average Bonchev–Trinajstić information content (AvgIpc) is 3.26. The number of halogens is 2. The van der Waals surface area contributed by atoms with Crippen molar-refractivity contribution in [3.8, 4) is 0 Å². The lowest BCUT2D eigenvalue weighted by Gasteiger charge is -2.22. The van der Waals surface area contributed by atoms with Gasteiger partial charge in [0.05, 0.1) is 6.04 Å². The highest BCUT2D eigenvalue weighted by Gasteiger charge is 2.41. The Hall–Kier alpha value is -2.27. The van der Waals surface area contributed by atoms with E-state index < -0.39 is 18.3 Å². The highest BCUT2D eigenvalue weighted by atomic mass is 19.1. The van der Waals surface area contributed by atoms with E-state index in [0.29, 0.717) is 12.1 Å². The van der Waals surface area contributed by atoms with E-state index in [4.69, 9.17) is 0 Å². The number of carbonyl (C=O) groups is 1. The predicted molar refractivity (Wildman–Crippen MR) is 99.5 cm³/mol. The van der Waals surface area contributed by atoms with Crippen molar-refractivity contribution in [2.24, 2.45) is 0 Å². The molecule has 2 aliphatic rings. The molecule has 27 heavy (non-hydrogen) atoms.